The zero-order valence-corrected chi connectivity index (χ0v) is 95.1. The summed E-state index contributed by atoms with van der Waals surface area (Å²) in [5.41, 5.74) is 19.9. The fourth-order valence-corrected chi connectivity index (χ4v) is 18.4. The molecule has 0 heterocycles. The van der Waals surface area contributed by atoms with Crippen molar-refractivity contribution >= 4 is 17.6 Å². The van der Waals surface area contributed by atoms with Gasteiger partial charge in [-0.15, -0.1) is 0 Å². The minimum atomic E-state index is 0.579. The lowest BCUT2D eigenvalue weighted by atomic mass is 10.1. The van der Waals surface area contributed by atoms with Crippen molar-refractivity contribution in [2.75, 3.05) is 85.4 Å². The zero-order valence-electron chi connectivity index (χ0n) is 95.1. The maximum Gasteiger partial charge on any atom is 0.169 e. The zero-order chi connectivity index (χ0) is 106. The van der Waals surface area contributed by atoms with E-state index in [1.54, 1.807) is 0 Å². The summed E-state index contributed by atoms with van der Waals surface area (Å²) in [4.78, 5) is 27.6. The van der Waals surface area contributed by atoms with E-state index >= 15 is 0 Å². The van der Waals surface area contributed by atoms with E-state index in [9.17, 15) is 0 Å². The van der Waals surface area contributed by atoms with Crippen molar-refractivity contribution in [1.29, 1.82) is 0 Å². The normalized spacial score (nSPS) is 11.0. The van der Waals surface area contributed by atoms with E-state index in [0.717, 1.165) is 131 Å². The molecule has 0 radical (unpaired) electrons. The third kappa shape index (κ3) is 53.1. The fourth-order valence-electron chi connectivity index (χ4n) is 18.4. The Balaban J connectivity index is 0.000000254. The third-order valence-corrected chi connectivity index (χ3v) is 27.7. The van der Waals surface area contributed by atoms with Crippen LogP contribution < -0.4 is 23.7 Å². The minimum Gasteiger partial charge on any atom is -0.494 e. The van der Waals surface area contributed by atoms with Crippen LogP contribution >= 0.6 is 0 Å². The largest absolute Gasteiger partial charge is 0.494 e. The standard InChI is InChI=1S/C52H65N3O5.C43H80N2.C42H45N3/c1-42-11-21-47(22-12-42)56-36-6-31-53-41-52(54(32-7-37-57-48-23-13-43(2)14-24-48)33-8-38-58-49-25-15-44(3)16-26-49)55(34-9-39-59-50-27-17-45(4)18-28-50)35-10-40-60-51-29-19-46(5)20-30-51;1-4-7-10-13-16-19-22-25-28-34-39-44-43(42-37-32-31-33-38-42)45(40-35-29-26-23-20-17-14-11-8-5-2)41-36-30-27-24-21-18-15-12-9-6-3;1-32-6-16-37(17-7-32)26-43-27-42(44(28-38-18-8-33(2)9-19-38)29-39-20-10-34(3)11-21-39)45(30-40-22-12-35(4)13-23-40)31-41-24-14-36(5)15-25-41/h11-30H,6-10,31-40H2,1-5H3;31-33,37-38H,4-30,34-36,39-41H2,1-3H3;6-25H,26,28-31H2,1-5H3. The second kappa shape index (κ2) is 75.7. The van der Waals surface area contributed by atoms with Crippen LogP contribution in [-0.4, -0.2) is 127 Å². The first kappa shape index (κ1) is 122. The molecule has 0 aliphatic heterocycles. The Labute approximate surface area is 910 Å². The van der Waals surface area contributed by atoms with Gasteiger partial charge in [0.25, 0.3) is 0 Å². The van der Waals surface area contributed by atoms with Gasteiger partial charge in [0.05, 0.1) is 46.1 Å². The maximum atomic E-state index is 6.21. The average molecular weight is 2030 g/mol. The molecule has 0 N–H and O–H groups in total. The predicted molar refractivity (Wildman–Crippen MR) is 639 cm³/mol. The lowest BCUT2D eigenvalue weighted by Gasteiger charge is -2.35. The molecule has 0 aliphatic carbocycles. The summed E-state index contributed by atoms with van der Waals surface area (Å²) in [6, 6.07) is 96.4. The van der Waals surface area contributed by atoms with Crippen molar-refractivity contribution in [3.05, 3.63) is 374 Å². The van der Waals surface area contributed by atoms with Crippen molar-refractivity contribution in [1.82, 2.24) is 24.5 Å². The van der Waals surface area contributed by atoms with Crippen molar-refractivity contribution in [2.45, 2.75) is 347 Å². The highest BCUT2D eigenvalue weighted by Gasteiger charge is 2.23. The molecular formula is C137H190N8O5. The van der Waals surface area contributed by atoms with Crippen molar-refractivity contribution in [2.24, 2.45) is 15.0 Å². The molecule has 0 fully saturated rings. The fraction of sp³-hybridized carbons (Fsp3) is 0.482. The van der Waals surface area contributed by atoms with Crippen molar-refractivity contribution < 1.29 is 23.7 Å². The molecule has 0 atom stereocenters. The molecule has 0 saturated carbocycles. The van der Waals surface area contributed by atoms with Gasteiger partial charge in [-0.2, -0.15) is 0 Å². The van der Waals surface area contributed by atoms with Crippen LogP contribution in [-0.2, 0) is 32.7 Å². The number of hydrogen-bond donors (Lipinski definition) is 0. The van der Waals surface area contributed by atoms with Gasteiger partial charge in [0, 0.05) is 95.7 Å². The van der Waals surface area contributed by atoms with Crippen LogP contribution in [0.25, 0.3) is 0 Å². The van der Waals surface area contributed by atoms with Crippen LogP contribution in [0.4, 0.5) is 0 Å². The Kier molecular flexibility index (Phi) is 61.3. The Bertz CT molecular complexity index is 5020. The third-order valence-electron chi connectivity index (χ3n) is 27.7. The van der Waals surface area contributed by atoms with Crippen LogP contribution in [0.15, 0.2) is 300 Å². The number of aliphatic imine (C=N–C) groups is 3. The van der Waals surface area contributed by atoms with Crippen LogP contribution in [0.5, 0.6) is 28.7 Å². The van der Waals surface area contributed by atoms with Gasteiger partial charge < -0.3 is 48.2 Å². The molecule has 0 spiro atoms. The molecule has 0 unspecified atom stereocenters. The van der Waals surface area contributed by atoms with Crippen LogP contribution in [0.3, 0.4) is 0 Å². The van der Waals surface area contributed by atoms with E-state index in [1.165, 1.54) is 301 Å². The summed E-state index contributed by atoms with van der Waals surface area (Å²) >= 11 is 0. The topological polar surface area (TPSA) is 99.4 Å². The summed E-state index contributed by atoms with van der Waals surface area (Å²) in [6.45, 7) is 41.5. The highest BCUT2D eigenvalue weighted by atomic mass is 16.5. The lowest BCUT2D eigenvalue weighted by Crippen LogP contribution is -2.39. The number of amidine groups is 1. The minimum absolute atomic E-state index is 0.579. The second-order valence-electron chi connectivity index (χ2n) is 41.9. The molecule has 13 heteroatoms. The van der Waals surface area contributed by atoms with Crippen molar-refractivity contribution in [3.63, 3.8) is 0 Å². The Morgan fingerprint density at radius 1 is 0.207 bits per heavy atom. The molecule has 808 valence electrons. The average Bonchev–Trinajstić information content (AvgIpc) is 0.822. The number of unbranched alkanes of at least 4 members (excludes halogenated alkanes) is 27. The summed E-state index contributed by atoms with van der Waals surface area (Å²) in [6.07, 6.45) is 45.9. The number of ether oxygens (including phenoxy) is 5. The molecule has 13 nitrogen and oxygen atoms in total. The highest BCUT2D eigenvalue weighted by molar-refractivity contribution is 5.98. The van der Waals surface area contributed by atoms with Crippen molar-refractivity contribution in [3.8, 4) is 28.7 Å². The quantitative estimate of drug-likeness (QED) is 0.0208. The molecule has 150 heavy (non-hydrogen) atoms. The summed E-state index contributed by atoms with van der Waals surface area (Å²) in [5, 5.41) is 0. The van der Waals surface area contributed by atoms with E-state index < -0.39 is 0 Å². The number of benzene rings is 11. The molecular weight excluding hydrogens is 1840 g/mol. The number of hydrogen-bond acceptors (Lipinski definition) is 12. The molecule has 0 saturated heterocycles. The van der Waals surface area contributed by atoms with E-state index in [4.69, 9.17) is 38.7 Å². The smallest absolute Gasteiger partial charge is 0.169 e. The summed E-state index contributed by atoms with van der Waals surface area (Å²) < 4.78 is 30.8. The molecule has 11 aromatic carbocycles. The van der Waals surface area contributed by atoms with E-state index in [1.807, 2.05) is 60.7 Å². The first-order valence-electron chi connectivity index (χ1n) is 58.1. The van der Waals surface area contributed by atoms with E-state index in [0.29, 0.717) is 46.1 Å². The Hall–Kier alpha value is -12.0. The Morgan fingerprint density at radius 2 is 0.433 bits per heavy atom. The highest BCUT2D eigenvalue weighted by Crippen LogP contribution is 2.28. The van der Waals surface area contributed by atoms with E-state index in [-0.39, 0.29) is 0 Å². The maximum absolute atomic E-state index is 6.21. The van der Waals surface area contributed by atoms with Gasteiger partial charge in [0.2, 0.25) is 0 Å². The molecule has 0 aromatic heterocycles. The SMILES string of the molecule is CCCCCCCCCCCCN=C(c1ccccc1)N(CCCCCCCCCCCC)CCCCCCCCCCCC.Cc1ccc(CN=C=C(N(Cc2ccc(C)cc2)Cc2ccc(C)cc2)N(Cc2ccc(C)cc2)Cc2ccc(C)cc2)cc1.Cc1ccc(OCCCN=C=C(N(CCCOc2ccc(C)cc2)CCCOc2ccc(C)cc2)N(CCCOc2ccc(C)cc2)CCCOc2ccc(C)cc2)cc1. The molecule has 0 amide bonds. The first-order chi connectivity index (χ1) is 73.4. The number of nitrogens with zero attached hydrogens (tertiary/aromatic N) is 8. The first-order valence-corrected chi connectivity index (χ1v) is 58.1. The summed E-state index contributed by atoms with van der Waals surface area (Å²) in [5.74, 6) is 14.8. The van der Waals surface area contributed by atoms with Crippen LogP contribution in [0.2, 0.25) is 0 Å². The Morgan fingerprint density at radius 3 is 0.713 bits per heavy atom. The number of aryl methyl sites for hydroxylation is 10. The molecule has 11 rings (SSSR count). The second-order valence-corrected chi connectivity index (χ2v) is 41.9. The van der Waals surface area contributed by atoms with Gasteiger partial charge in [0.1, 0.15) is 34.6 Å². The van der Waals surface area contributed by atoms with Gasteiger partial charge in [-0.3, -0.25) is 4.99 Å². The van der Waals surface area contributed by atoms with E-state index in [2.05, 4.69) is 339 Å². The predicted octanol–water partition coefficient (Wildman–Crippen LogP) is 35.1. The molecule has 0 bridgehead atoms. The number of rotatable bonds is 73. The van der Waals surface area contributed by atoms with Gasteiger partial charge in [-0.1, -0.05) is 462 Å². The van der Waals surface area contributed by atoms with Crippen LogP contribution in [0, 0.1) is 69.2 Å². The van der Waals surface area contributed by atoms with Crippen LogP contribution in [0.1, 0.15) is 335 Å². The molecule has 0 aliphatic rings. The van der Waals surface area contributed by atoms with Gasteiger partial charge >= 0.3 is 0 Å². The van der Waals surface area contributed by atoms with Gasteiger partial charge in [-0.25, -0.2) is 9.98 Å². The monoisotopic (exact) mass is 2030 g/mol. The molecule has 11 aromatic rings. The van der Waals surface area contributed by atoms with Gasteiger partial charge in [-0.05, 0) is 203 Å². The lowest BCUT2D eigenvalue weighted by molar-refractivity contribution is 0.171. The summed E-state index contributed by atoms with van der Waals surface area (Å²) in [7, 11) is 0. The van der Waals surface area contributed by atoms with Gasteiger partial charge in [0.15, 0.2) is 11.6 Å².